The fourth-order valence-corrected chi connectivity index (χ4v) is 3.47. The molecule has 1 unspecified atom stereocenters. The summed E-state index contributed by atoms with van der Waals surface area (Å²) in [6, 6.07) is 7.91. The van der Waals surface area contributed by atoms with Gasteiger partial charge in [0, 0.05) is 29.3 Å². The monoisotopic (exact) mass is 322 g/mol. The molecular weight excluding hydrogens is 296 g/mol. The van der Waals surface area contributed by atoms with Gasteiger partial charge in [-0.05, 0) is 42.0 Å². The van der Waals surface area contributed by atoms with Crippen LogP contribution in [0.3, 0.4) is 0 Å². The molecule has 1 atom stereocenters. The van der Waals surface area contributed by atoms with Crippen molar-refractivity contribution in [2.45, 2.75) is 38.5 Å². The molecule has 24 heavy (non-hydrogen) atoms. The number of hydrogen-bond acceptors (Lipinski definition) is 4. The van der Waals surface area contributed by atoms with Gasteiger partial charge in [-0.15, -0.1) is 0 Å². The average molecular weight is 322 g/mol. The summed E-state index contributed by atoms with van der Waals surface area (Å²) < 4.78 is 0. The number of allylic oxidation sites excluding steroid dienone is 3. The van der Waals surface area contributed by atoms with E-state index in [2.05, 4.69) is 13.5 Å². The standard InChI is InChI=1S/C20H26N4/c1-3-6-12(2)17-18(14-7-4-5-8-16(14)22)15(11-21)20(23)24-19(17)13-9-10-13/h4-5,7-8,11,13,18H,2-3,6,9-10,21-22H2,1H3,(H2,23,24)/b15-11-. The molecule has 1 aliphatic carbocycles. The number of nitrogens with two attached hydrogens (primary N) is 3. The van der Waals surface area contributed by atoms with E-state index in [4.69, 9.17) is 22.2 Å². The highest BCUT2D eigenvalue weighted by molar-refractivity contribution is 6.01. The molecule has 1 aliphatic heterocycles. The van der Waals surface area contributed by atoms with Crippen LogP contribution >= 0.6 is 0 Å². The number of benzene rings is 1. The van der Waals surface area contributed by atoms with Crippen molar-refractivity contribution in [2.24, 2.45) is 22.4 Å². The molecule has 1 fully saturated rings. The van der Waals surface area contributed by atoms with Crippen LogP contribution < -0.4 is 17.2 Å². The van der Waals surface area contributed by atoms with E-state index in [1.54, 1.807) is 6.20 Å². The zero-order valence-electron chi connectivity index (χ0n) is 14.3. The van der Waals surface area contributed by atoms with Crippen molar-refractivity contribution in [1.82, 2.24) is 0 Å². The highest BCUT2D eigenvalue weighted by Crippen LogP contribution is 2.49. The summed E-state index contributed by atoms with van der Waals surface area (Å²) in [6.45, 7) is 6.51. The van der Waals surface area contributed by atoms with E-state index in [0.29, 0.717) is 11.8 Å². The number of anilines is 1. The molecule has 4 heteroatoms. The fraction of sp³-hybridized carbons (Fsp3) is 0.350. The Kier molecular flexibility index (Phi) is 4.47. The van der Waals surface area contributed by atoms with Crippen LogP contribution in [-0.4, -0.2) is 5.84 Å². The first kappa shape index (κ1) is 16.4. The Hall–Kier alpha value is -2.49. The van der Waals surface area contributed by atoms with Crippen molar-refractivity contribution < 1.29 is 0 Å². The van der Waals surface area contributed by atoms with Gasteiger partial charge in [-0.1, -0.05) is 38.1 Å². The number of nitrogen functional groups attached to an aromatic ring is 1. The maximum atomic E-state index is 6.29. The zero-order valence-corrected chi connectivity index (χ0v) is 14.3. The molecule has 0 amide bonds. The minimum absolute atomic E-state index is 0.0802. The Morgan fingerprint density at radius 3 is 2.58 bits per heavy atom. The van der Waals surface area contributed by atoms with Crippen molar-refractivity contribution in [3.63, 3.8) is 0 Å². The molecule has 1 heterocycles. The molecule has 0 bridgehead atoms. The minimum Gasteiger partial charge on any atom is -0.404 e. The zero-order chi connectivity index (χ0) is 17.3. The van der Waals surface area contributed by atoms with Crippen LogP contribution in [0.2, 0.25) is 0 Å². The largest absolute Gasteiger partial charge is 0.404 e. The van der Waals surface area contributed by atoms with E-state index in [1.807, 2.05) is 24.3 Å². The van der Waals surface area contributed by atoms with Gasteiger partial charge in [0.05, 0.1) is 5.70 Å². The Balaban J connectivity index is 2.22. The maximum Gasteiger partial charge on any atom is 0.129 e. The molecule has 0 saturated heterocycles. The second kappa shape index (κ2) is 6.56. The predicted octanol–water partition coefficient (Wildman–Crippen LogP) is 3.59. The third-order valence-corrected chi connectivity index (χ3v) is 4.80. The molecule has 1 aromatic carbocycles. The highest BCUT2D eigenvalue weighted by atomic mass is 14.9. The number of aliphatic imine (C=N–C) groups is 1. The highest BCUT2D eigenvalue weighted by Gasteiger charge is 2.38. The van der Waals surface area contributed by atoms with Crippen molar-refractivity contribution in [3.8, 4) is 0 Å². The Morgan fingerprint density at radius 1 is 1.29 bits per heavy atom. The van der Waals surface area contributed by atoms with Crippen LogP contribution in [0.5, 0.6) is 0 Å². The van der Waals surface area contributed by atoms with Crippen molar-refractivity contribution >= 4 is 11.5 Å². The molecule has 1 saturated carbocycles. The molecule has 0 radical (unpaired) electrons. The van der Waals surface area contributed by atoms with Crippen molar-refractivity contribution in [2.75, 3.05) is 5.73 Å². The van der Waals surface area contributed by atoms with Gasteiger partial charge in [0.25, 0.3) is 0 Å². The van der Waals surface area contributed by atoms with Gasteiger partial charge in [0.15, 0.2) is 0 Å². The molecule has 126 valence electrons. The number of para-hydroxylation sites is 1. The van der Waals surface area contributed by atoms with E-state index in [1.165, 1.54) is 5.57 Å². The lowest BCUT2D eigenvalue weighted by atomic mass is 9.76. The summed E-state index contributed by atoms with van der Waals surface area (Å²) in [7, 11) is 0. The summed E-state index contributed by atoms with van der Waals surface area (Å²) in [5.74, 6) is 0.906. The summed E-state index contributed by atoms with van der Waals surface area (Å²) in [5, 5.41) is 0. The summed E-state index contributed by atoms with van der Waals surface area (Å²) in [5.41, 5.74) is 24.4. The van der Waals surface area contributed by atoms with Gasteiger partial charge in [-0.2, -0.15) is 0 Å². The van der Waals surface area contributed by atoms with Crippen LogP contribution in [0.25, 0.3) is 0 Å². The number of amidine groups is 1. The van der Waals surface area contributed by atoms with E-state index < -0.39 is 0 Å². The smallest absolute Gasteiger partial charge is 0.129 e. The van der Waals surface area contributed by atoms with Crippen LogP contribution in [0.4, 0.5) is 5.69 Å². The molecular formula is C20H26N4. The van der Waals surface area contributed by atoms with E-state index in [0.717, 1.165) is 53.8 Å². The number of nitrogens with zero attached hydrogens (tertiary/aromatic N) is 1. The lowest BCUT2D eigenvalue weighted by molar-refractivity contribution is 0.811. The Labute approximate surface area is 143 Å². The van der Waals surface area contributed by atoms with Crippen LogP contribution in [0, 0.1) is 5.92 Å². The minimum atomic E-state index is -0.0802. The second-order valence-corrected chi connectivity index (χ2v) is 6.61. The maximum absolute atomic E-state index is 6.29. The van der Waals surface area contributed by atoms with Crippen molar-refractivity contribution in [3.05, 3.63) is 65.0 Å². The van der Waals surface area contributed by atoms with E-state index >= 15 is 0 Å². The van der Waals surface area contributed by atoms with Crippen molar-refractivity contribution in [1.29, 1.82) is 0 Å². The van der Waals surface area contributed by atoms with Gasteiger partial charge in [-0.3, -0.25) is 0 Å². The predicted molar refractivity (Wildman–Crippen MR) is 101 cm³/mol. The van der Waals surface area contributed by atoms with E-state index in [9.17, 15) is 0 Å². The summed E-state index contributed by atoms with van der Waals surface area (Å²) in [4.78, 5) is 4.71. The lowest BCUT2D eigenvalue weighted by Crippen LogP contribution is -2.28. The topological polar surface area (TPSA) is 90.4 Å². The molecule has 6 N–H and O–H groups in total. The molecule has 3 rings (SSSR count). The van der Waals surface area contributed by atoms with Crippen LogP contribution in [0.1, 0.15) is 44.1 Å². The normalized spacial score (nSPS) is 22.6. The molecule has 0 spiro atoms. The molecule has 0 aromatic heterocycles. The van der Waals surface area contributed by atoms with Crippen LogP contribution in [-0.2, 0) is 0 Å². The van der Waals surface area contributed by atoms with Gasteiger partial charge >= 0.3 is 0 Å². The van der Waals surface area contributed by atoms with Gasteiger partial charge < -0.3 is 17.2 Å². The SMILES string of the molecule is C=C(CCC)C1=C(C2CC2)N=C(N)/C(=C\N)C1c1ccccc1N. The first-order chi connectivity index (χ1) is 11.6. The molecule has 2 aliphatic rings. The molecule has 4 nitrogen and oxygen atoms in total. The number of hydrogen-bond donors (Lipinski definition) is 3. The van der Waals surface area contributed by atoms with Crippen LogP contribution in [0.15, 0.2) is 64.5 Å². The fourth-order valence-electron chi connectivity index (χ4n) is 3.47. The second-order valence-electron chi connectivity index (χ2n) is 6.61. The third-order valence-electron chi connectivity index (χ3n) is 4.80. The quantitative estimate of drug-likeness (QED) is 0.724. The van der Waals surface area contributed by atoms with Gasteiger partial charge in [0.2, 0.25) is 0 Å². The first-order valence-electron chi connectivity index (χ1n) is 8.61. The summed E-state index contributed by atoms with van der Waals surface area (Å²) >= 11 is 0. The van der Waals surface area contributed by atoms with E-state index in [-0.39, 0.29) is 5.92 Å². The lowest BCUT2D eigenvalue weighted by Gasteiger charge is -2.31. The van der Waals surface area contributed by atoms with Gasteiger partial charge in [-0.25, -0.2) is 4.99 Å². The number of rotatable bonds is 5. The Morgan fingerprint density at radius 2 is 2.00 bits per heavy atom. The first-order valence-corrected chi connectivity index (χ1v) is 8.61. The third kappa shape index (κ3) is 2.84. The Bertz CT molecular complexity index is 751. The summed E-state index contributed by atoms with van der Waals surface area (Å²) in [6.07, 6.45) is 5.86. The average Bonchev–Trinajstić information content (AvgIpc) is 3.39. The molecule has 1 aromatic rings. The van der Waals surface area contributed by atoms with Gasteiger partial charge in [0.1, 0.15) is 5.84 Å².